The minimum absolute atomic E-state index is 0.171. The minimum Gasteiger partial charge on any atom is -0.376 e. The summed E-state index contributed by atoms with van der Waals surface area (Å²) in [6, 6.07) is 109. The number of rotatable bonds is 10. The van der Waals surface area contributed by atoms with Crippen LogP contribution >= 0.6 is 0 Å². The van der Waals surface area contributed by atoms with Crippen LogP contribution in [0, 0.1) is 6.92 Å². The van der Waals surface area contributed by atoms with Crippen LogP contribution in [0.4, 0.5) is 45.5 Å². The molecule has 0 radical (unpaired) electrons. The Balaban J connectivity index is 0.999. The van der Waals surface area contributed by atoms with Gasteiger partial charge in [-0.25, -0.2) is 0 Å². The molecule has 362 valence electrons. The number of anilines is 8. The minimum atomic E-state index is -0.171. The number of aryl methyl sites for hydroxylation is 1. The highest BCUT2D eigenvalue weighted by Crippen LogP contribution is 2.50. The molecule has 2 aliphatic rings. The predicted molar refractivity (Wildman–Crippen MR) is 327 cm³/mol. The van der Waals surface area contributed by atoms with Crippen LogP contribution in [0.1, 0.15) is 5.56 Å². The van der Waals surface area contributed by atoms with E-state index in [4.69, 9.17) is 0 Å². The lowest BCUT2D eigenvalue weighted by atomic mass is 9.43. The summed E-state index contributed by atoms with van der Waals surface area (Å²) in [5, 5.41) is 0. The second kappa shape index (κ2) is 19.4. The maximum atomic E-state index is 2.62. The Labute approximate surface area is 452 Å². The largest absolute Gasteiger partial charge is 0.376 e. The van der Waals surface area contributed by atoms with Gasteiger partial charge in [-0.2, -0.15) is 0 Å². The summed E-state index contributed by atoms with van der Waals surface area (Å²) in [6.07, 6.45) is 0. The Morgan fingerprint density at radius 2 is 0.714 bits per heavy atom. The van der Waals surface area contributed by atoms with E-state index in [1.54, 1.807) is 0 Å². The molecule has 12 aromatic rings. The monoisotopic (exact) mass is 981 g/mol. The van der Waals surface area contributed by atoms with E-state index in [-0.39, 0.29) is 6.85 Å². The maximum Gasteiger partial charge on any atom is 0.333 e. The Morgan fingerprint density at radius 1 is 0.286 bits per heavy atom. The molecule has 0 fully saturated rings. The average Bonchev–Trinajstić information content (AvgIpc) is 3.66. The number of benzene rings is 12. The first-order valence-corrected chi connectivity index (χ1v) is 26.6. The van der Waals surface area contributed by atoms with Crippen LogP contribution in [-0.2, 0) is 0 Å². The van der Waals surface area contributed by atoms with Crippen LogP contribution in [0.3, 0.4) is 0 Å². The molecule has 12 aromatic carbocycles. The average molecular weight is 982 g/mol. The van der Waals surface area contributed by atoms with Crippen molar-refractivity contribution in [1.29, 1.82) is 0 Å². The fourth-order valence-electron chi connectivity index (χ4n) is 11.9. The quantitative estimate of drug-likeness (QED) is 0.126. The van der Waals surface area contributed by atoms with Crippen molar-refractivity contribution in [3.05, 3.63) is 303 Å². The van der Waals surface area contributed by atoms with Crippen LogP contribution in [0.25, 0.3) is 66.8 Å². The number of nitrogens with zero attached hydrogens (tertiary/aromatic N) is 3. The van der Waals surface area contributed by atoms with Gasteiger partial charge in [0.25, 0.3) is 0 Å². The molecular formula is C73H52BN3. The maximum absolute atomic E-state index is 2.62. The van der Waals surface area contributed by atoms with E-state index in [1.165, 1.54) is 94.6 Å². The molecular weight excluding hydrogens is 930 g/mol. The molecule has 0 aromatic heterocycles. The van der Waals surface area contributed by atoms with Crippen LogP contribution in [0.15, 0.2) is 297 Å². The van der Waals surface area contributed by atoms with Gasteiger partial charge >= 0.3 is 6.85 Å². The Hall–Kier alpha value is -9.90. The standard InChI is InChI=1S/C73H52BN3/c1-51-48-60(55-24-13-5-14-25-55)37-47-69(51)76-70-29-17-28-67-66-45-36-61(56-26-15-6-16-27-56)49-71(66)77(64-42-34-59(35-43-64)54-22-11-4-12-23-54)74(73(67)70)68-46-44-65(50-72(68)76)75(62-38-30-57(31-39-62)52-18-7-2-8-19-52)63-40-32-58(33-41-63)53-20-9-3-10-21-53/h2-50H,1H3. The molecule has 2 heterocycles. The molecule has 4 heteroatoms. The van der Waals surface area contributed by atoms with Crippen LogP contribution in [-0.4, -0.2) is 6.85 Å². The van der Waals surface area contributed by atoms with Gasteiger partial charge in [0.05, 0.1) is 0 Å². The molecule has 0 unspecified atom stereocenters. The summed E-state index contributed by atoms with van der Waals surface area (Å²) in [7, 11) is 0. The molecule has 2 aliphatic heterocycles. The molecule has 0 bridgehead atoms. The van der Waals surface area contributed by atoms with Crippen molar-refractivity contribution in [3.63, 3.8) is 0 Å². The van der Waals surface area contributed by atoms with Gasteiger partial charge in [0, 0.05) is 51.1 Å². The zero-order chi connectivity index (χ0) is 51.2. The summed E-state index contributed by atoms with van der Waals surface area (Å²) in [6.45, 7) is 2.10. The van der Waals surface area contributed by atoms with Gasteiger partial charge in [-0.1, -0.05) is 224 Å². The van der Waals surface area contributed by atoms with Gasteiger partial charge in [0.15, 0.2) is 0 Å². The first kappa shape index (κ1) is 45.7. The summed E-state index contributed by atoms with van der Waals surface area (Å²) in [5.41, 5.74) is 27.0. The summed E-state index contributed by atoms with van der Waals surface area (Å²) in [4.78, 5) is 7.58. The molecule has 0 spiro atoms. The Kier molecular flexibility index (Phi) is 11.5. The van der Waals surface area contributed by atoms with Gasteiger partial charge < -0.3 is 14.6 Å². The van der Waals surface area contributed by atoms with Gasteiger partial charge in [-0.05, 0) is 157 Å². The lowest BCUT2D eigenvalue weighted by Crippen LogP contribution is -2.61. The van der Waals surface area contributed by atoms with E-state index in [0.29, 0.717) is 0 Å². The Morgan fingerprint density at radius 3 is 1.22 bits per heavy atom. The second-order valence-corrected chi connectivity index (χ2v) is 20.1. The van der Waals surface area contributed by atoms with Crippen molar-refractivity contribution in [3.8, 4) is 66.8 Å². The Bertz CT molecular complexity index is 3990. The van der Waals surface area contributed by atoms with E-state index < -0.39 is 0 Å². The van der Waals surface area contributed by atoms with Crippen molar-refractivity contribution in [1.82, 2.24) is 0 Å². The summed E-state index contributed by atoms with van der Waals surface area (Å²) < 4.78 is 0. The van der Waals surface area contributed by atoms with Gasteiger partial charge in [-0.3, -0.25) is 0 Å². The SMILES string of the molecule is Cc1cc(-c2ccccc2)ccc1N1c2cc(N(c3ccc(-c4ccccc4)cc3)c3ccc(-c4ccccc4)cc3)ccc2B2c3c(cccc31)-c1ccc(-c3ccccc3)cc1N2c1ccc(-c2ccccc2)cc1. The van der Waals surface area contributed by atoms with Crippen molar-refractivity contribution < 1.29 is 0 Å². The smallest absolute Gasteiger partial charge is 0.333 e. The highest BCUT2D eigenvalue weighted by Gasteiger charge is 2.45. The van der Waals surface area contributed by atoms with Gasteiger partial charge in [-0.15, -0.1) is 0 Å². The fourth-order valence-corrected chi connectivity index (χ4v) is 11.9. The lowest BCUT2D eigenvalue weighted by molar-refractivity contribution is 1.23. The topological polar surface area (TPSA) is 9.72 Å². The molecule has 0 N–H and O–H groups in total. The predicted octanol–water partition coefficient (Wildman–Crippen LogP) is 18.5. The van der Waals surface area contributed by atoms with Crippen molar-refractivity contribution in [2.75, 3.05) is 14.6 Å². The van der Waals surface area contributed by atoms with Crippen LogP contribution in [0.2, 0.25) is 0 Å². The third-order valence-electron chi connectivity index (χ3n) is 15.6. The van der Waals surface area contributed by atoms with E-state index in [0.717, 1.165) is 34.1 Å². The summed E-state index contributed by atoms with van der Waals surface area (Å²) in [5.74, 6) is 0. The molecule has 77 heavy (non-hydrogen) atoms. The molecule has 0 aliphatic carbocycles. The normalized spacial score (nSPS) is 12.1. The highest BCUT2D eigenvalue weighted by molar-refractivity contribution is 6.93. The van der Waals surface area contributed by atoms with Crippen LogP contribution < -0.4 is 25.5 Å². The van der Waals surface area contributed by atoms with E-state index in [1.807, 2.05) is 0 Å². The lowest BCUT2D eigenvalue weighted by Gasteiger charge is -2.46. The molecule has 0 atom stereocenters. The van der Waals surface area contributed by atoms with Crippen molar-refractivity contribution in [2.45, 2.75) is 6.92 Å². The molecule has 3 nitrogen and oxygen atoms in total. The molecule has 0 saturated heterocycles. The zero-order valence-corrected chi connectivity index (χ0v) is 42.7. The van der Waals surface area contributed by atoms with Gasteiger partial charge in [0.1, 0.15) is 0 Å². The number of fused-ring (bicyclic) bond motifs is 4. The molecule has 0 amide bonds. The van der Waals surface area contributed by atoms with E-state index in [9.17, 15) is 0 Å². The summed E-state index contributed by atoms with van der Waals surface area (Å²) >= 11 is 0. The van der Waals surface area contributed by atoms with E-state index >= 15 is 0 Å². The highest BCUT2D eigenvalue weighted by atomic mass is 15.2. The third-order valence-corrected chi connectivity index (χ3v) is 15.6. The fraction of sp³-hybridized carbons (Fsp3) is 0.0137. The number of hydrogen-bond acceptors (Lipinski definition) is 3. The number of hydrogen-bond donors (Lipinski definition) is 0. The first-order valence-electron chi connectivity index (χ1n) is 26.6. The molecule has 0 saturated carbocycles. The first-order chi connectivity index (χ1) is 38.1. The van der Waals surface area contributed by atoms with Crippen LogP contribution in [0.5, 0.6) is 0 Å². The zero-order valence-electron chi connectivity index (χ0n) is 42.7. The second-order valence-electron chi connectivity index (χ2n) is 20.1. The van der Waals surface area contributed by atoms with Gasteiger partial charge in [0.2, 0.25) is 0 Å². The third kappa shape index (κ3) is 8.28. The molecule has 14 rings (SSSR count). The van der Waals surface area contributed by atoms with E-state index in [2.05, 4.69) is 319 Å². The van der Waals surface area contributed by atoms with Crippen molar-refractivity contribution in [2.24, 2.45) is 0 Å². The van der Waals surface area contributed by atoms with Crippen molar-refractivity contribution >= 4 is 63.3 Å².